The van der Waals surface area contributed by atoms with Gasteiger partial charge in [-0.25, -0.2) is 13.2 Å². The summed E-state index contributed by atoms with van der Waals surface area (Å²) in [6.07, 6.45) is 0.0790. The lowest BCUT2D eigenvalue weighted by Crippen LogP contribution is -2.24. The highest BCUT2D eigenvalue weighted by Gasteiger charge is 2.15. The quantitative estimate of drug-likeness (QED) is 0.795. The first kappa shape index (κ1) is 17.0. The minimum atomic E-state index is -1.60. The summed E-state index contributed by atoms with van der Waals surface area (Å²) in [6.45, 7) is 2.33. The van der Waals surface area contributed by atoms with Crippen LogP contribution in [0.3, 0.4) is 0 Å². The number of hydrogen-bond acceptors (Lipinski definition) is 2. The Labute approximate surface area is 132 Å². The first-order valence-corrected chi connectivity index (χ1v) is 7.20. The molecular formula is C17H17F3N2O. The molecule has 1 amide bonds. The summed E-state index contributed by atoms with van der Waals surface area (Å²) in [6, 6.07) is 11.5. The monoisotopic (exact) mass is 322 g/mol. The molecular weight excluding hydrogens is 305 g/mol. The molecule has 0 saturated heterocycles. The molecule has 2 N–H and O–H groups in total. The van der Waals surface area contributed by atoms with Crippen LogP contribution in [0, 0.1) is 17.5 Å². The van der Waals surface area contributed by atoms with E-state index in [0.717, 1.165) is 17.7 Å². The Balaban J connectivity index is 1.83. The predicted octanol–water partition coefficient (Wildman–Crippen LogP) is 3.78. The number of rotatable bonds is 6. The molecule has 0 aliphatic carbocycles. The summed E-state index contributed by atoms with van der Waals surface area (Å²) in [5, 5.41) is 5.39. The van der Waals surface area contributed by atoms with Crippen LogP contribution in [0.1, 0.15) is 24.9 Å². The third kappa shape index (κ3) is 4.56. The van der Waals surface area contributed by atoms with E-state index in [-0.39, 0.29) is 18.2 Å². The van der Waals surface area contributed by atoms with E-state index < -0.39 is 23.4 Å². The van der Waals surface area contributed by atoms with E-state index in [9.17, 15) is 18.0 Å². The third-order valence-electron chi connectivity index (χ3n) is 3.41. The van der Waals surface area contributed by atoms with Crippen molar-refractivity contribution >= 4 is 11.6 Å². The second-order valence-corrected chi connectivity index (χ2v) is 5.11. The Morgan fingerprint density at radius 1 is 1.04 bits per heavy atom. The second-order valence-electron chi connectivity index (χ2n) is 5.11. The van der Waals surface area contributed by atoms with Crippen molar-refractivity contribution in [2.45, 2.75) is 19.4 Å². The van der Waals surface area contributed by atoms with Gasteiger partial charge in [-0.05, 0) is 24.6 Å². The van der Waals surface area contributed by atoms with Crippen molar-refractivity contribution in [2.24, 2.45) is 0 Å². The molecule has 1 unspecified atom stereocenters. The maximum atomic E-state index is 13.4. The van der Waals surface area contributed by atoms with Gasteiger partial charge in [-0.15, -0.1) is 0 Å². The van der Waals surface area contributed by atoms with Crippen LogP contribution in [0.5, 0.6) is 0 Å². The topological polar surface area (TPSA) is 41.1 Å². The molecule has 3 nitrogen and oxygen atoms in total. The van der Waals surface area contributed by atoms with Gasteiger partial charge in [-0.2, -0.15) is 0 Å². The number of anilines is 1. The summed E-state index contributed by atoms with van der Waals surface area (Å²) >= 11 is 0. The third-order valence-corrected chi connectivity index (χ3v) is 3.41. The number of amides is 1. The summed E-state index contributed by atoms with van der Waals surface area (Å²) in [7, 11) is 0. The molecule has 0 saturated carbocycles. The lowest BCUT2D eigenvalue weighted by atomic mass is 10.1. The van der Waals surface area contributed by atoms with Crippen LogP contribution in [-0.4, -0.2) is 12.5 Å². The van der Waals surface area contributed by atoms with Gasteiger partial charge >= 0.3 is 0 Å². The highest BCUT2D eigenvalue weighted by Crippen LogP contribution is 2.19. The zero-order valence-electron chi connectivity index (χ0n) is 12.6. The van der Waals surface area contributed by atoms with Crippen LogP contribution < -0.4 is 10.6 Å². The van der Waals surface area contributed by atoms with Gasteiger partial charge in [0, 0.05) is 19.0 Å². The predicted molar refractivity (Wildman–Crippen MR) is 82.4 cm³/mol. The molecule has 2 aromatic carbocycles. The molecule has 0 aliphatic rings. The molecule has 23 heavy (non-hydrogen) atoms. The molecule has 0 heterocycles. The molecule has 0 aliphatic heterocycles. The van der Waals surface area contributed by atoms with Gasteiger partial charge < -0.3 is 10.6 Å². The van der Waals surface area contributed by atoms with E-state index in [4.69, 9.17) is 0 Å². The summed E-state index contributed by atoms with van der Waals surface area (Å²) < 4.78 is 39.3. The Morgan fingerprint density at radius 3 is 2.43 bits per heavy atom. The van der Waals surface area contributed by atoms with Crippen LogP contribution in [-0.2, 0) is 4.79 Å². The molecule has 0 aromatic heterocycles. The van der Waals surface area contributed by atoms with Gasteiger partial charge in [0.25, 0.3) is 0 Å². The van der Waals surface area contributed by atoms with E-state index >= 15 is 0 Å². The number of benzene rings is 2. The highest BCUT2D eigenvalue weighted by atomic mass is 19.2. The normalized spacial score (nSPS) is 12.0. The molecule has 1 atom stereocenters. The van der Waals surface area contributed by atoms with E-state index in [1.807, 2.05) is 37.3 Å². The maximum Gasteiger partial charge on any atom is 0.225 e. The molecule has 6 heteroatoms. The van der Waals surface area contributed by atoms with E-state index in [1.165, 1.54) is 0 Å². The Bertz CT molecular complexity index is 677. The fourth-order valence-corrected chi connectivity index (χ4v) is 2.10. The number of hydrogen-bond donors (Lipinski definition) is 2. The molecule has 0 bridgehead atoms. The lowest BCUT2D eigenvalue weighted by molar-refractivity contribution is -0.116. The van der Waals surface area contributed by atoms with Crippen LogP contribution in [0.4, 0.5) is 18.9 Å². The van der Waals surface area contributed by atoms with Gasteiger partial charge in [0.1, 0.15) is 0 Å². The van der Waals surface area contributed by atoms with E-state index in [2.05, 4.69) is 10.6 Å². The zero-order valence-corrected chi connectivity index (χ0v) is 12.6. The number of halogens is 3. The Hall–Kier alpha value is -2.34. The molecule has 2 rings (SSSR count). The van der Waals surface area contributed by atoms with Crippen molar-refractivity contribution < 1.29 is 18.0 Å². The Morgan fingerprint density at radius 2 is 1.74 bits per heavy atom. The van der Waals surface area contributed by atoms with Crippen LogP contribution in [0.25, 0.3) is 0 Å². The average Bonchev–Trinajstić information content (AvgIpc) is 2.56. The lowest BCUT2D eigenvalue weighted by Gasteiger charge is -2.14. The van der Waals surface area contributed by atoms with Crippen LogP contribution in [0.2, 0.25) is 0 Å². The first-order chi connectivity index (χ1) is 11.0. The molecule has 122 valence electrons. The van der Waals surface area contributed by atoms with Crippen LogP contribution >= 0.6 is 0 Å². The second kappa shape index (κ2) is 7.78. The molecule has 2 aromatic rings. The first-order valence-electron chi connectivity index (χ1n) is 7.20. The van der Waals surface area contributed by atoms with Crippen molar-refractivity contribution in [1.82, 2.24) is 5.32 Å². The number of carbonyl (C=O) groups is 1. The zero-order chi connectivity index (χ0) is 16.8. The Kier molecular flexibility index (Phi) is 5.76. The minimum Gasteiger partial charge on any atom is -0.323 e. The summed E-state index contributed by atoms with van der Waals surface area (Å²) in [5.74, 6) is -4.77. The van der Waals surface area contributed by atoms with Crippen molar-refractivity contribution in [1.29, 1.82) is 0 Å². The van der Waals surface area contributed by atoms with Gasteiger partial charge in [0.05, 0.1) is 5.69 Å². The molecule has 0 fully saturated rings. The minimum absolute atomic E-state index is 0.0593. The van der Waals surface area contributed by atoms with E-state index in [0.29, 0.717) is 6.54 Å². The van der Waals surface area contributed by atoms with Gasteiger partial charge in [0.2, 0.25) is 5.91 Å². The molecule has 0 spiro atoms. The average molecular weight is 322 g/mol. The smallest absolute Gasteiger partial charge is 0.225 e. The SMILES string of the molecule is CC(NCCC(=O)Nc1ccc(F)c(F)c1F)c1ccccc1. The van der Waals surface area contributed by atoms with Crippen LogP contribution in [0.15, 0.2) is 42.5 Å². The fraction of sp³-hybridized carbons (Fsp3) is 0.235. The van der Waals surface area contributed by atoms with Gasteiger partial charge in [-0.3, -0.25) is 4.79 Å². The summed E-state index contributed by atoms with van der Waals surface area (Å²) in [5.41, 5.74) is 0.713. The van der Waals surface area contributed by atoms with E-state index in [1.54, 1.807) is 0 Å². The van der Waals surface area contributed by atoms with Crippen molar-refractivity contribution in [3.05, 3.63) is 65.5 Å². The number of carbonyl (C=O) groups excluding carboxylic acids is 1. The van der Waals surface area contributed by atoms with Gasteiger partial charge in [-0.1, -0.05) is 30.3 Å². The highest BCUT2D eigenvalue weighted by molar-refractivity contribution is 5.90. The summed E-state index contributed by atoms with van der Waals surface area (Å²) in [4.78, 5) is 11.7. The standard InChI is InChI=1S/C17H17F3N2O/c1-11(12-5-3-2-4-6-12)21-10-9-15(23)22-14-8-7-13(18)16(19)17(14)20/h2-8,11,21H,9-10H2,1H3,(H,22,23). The van der Waals surface area contributed by atoms with Crippen molar-refractivity contribution in [3.8, 4) is 0 Å². The maximum absolute atomic E-state index is 13.4. The fourth-order valence-electron chi connectivity index (χ4n) is 2.10. The van der Waals surface area contributed by atoms with Gasteiger partial charge in [0.15, 0.2) is 17.5 Å². The van der Waals surface area contributed by atoms with Crippen molar-refractivity contribution in [2.75, 3.05) is 11.9 Å². The molecule has 0 radical (unpaired) electrons. The largest absolute Gasteiger partial charge is 0.323 e. The van der Waals surface area contributed by atoms with Crippen molar-refractivity contribution in [3.63, 3.8) is 0 Å². The number of nitrogens with one attached hydrogen (secondary N) is 2.